The molecule has 18 heavy (non-hydrogen) atoms. The third kappa shape index (κ3) is 1.81. The van der Waals surface area contributed by atoms with Gasteiger partial charge < -0.3 is 10.2 Å². The van der Waals surface area contributed by atoms with E-state index in [1.165, 1.54) is 0 Å². The lowest BCUT2D eigenvalue weighted by Crippen LogP contribution is -2.49. The summed E-state index contributed by atoms with van der Waals surface area (Å²) in [4.78, 5) is 25.2. The predicted molar refractivity (Wildman–Crippen MR) is 63.8 cm³/mol. The summed E-state index contributed by atoms with van der Waals surface area (Å²) in [6.45, 7) is 3.46. The Kier molecular flexibility index (Phi) is 3.19. The van der Waals surface area contributed by atoms with Gasteiger partial charge in [0.2, 0.25) is 0 Å². The summed E-state index contributed by atoms with van der Waals surface area (Å²) in [7, 11) is 0. The lowest BCUT2D eigenvalue weighted by atomic mass is 10.0. The molecule has 0 unspecified atom stereocenters. The molecule has 0 saturated carbocycles. The molecule has 96 valence electrons. The van der Waals surface area contributed by atoms with Gasteiger partial charge in [0.05, 0.1) is 17.2 Å². The van der Waals surface area contributed by atoms with Crippen molar-refractivity contribution in [3.05, 3.63) is 35.4 Å². The minimum absolute atomic E-state index is 0.243. The van der Waals surface area contributed by atoms with Gasteiger partial charge in [-0.15, -0.1) is 0 Å². The van der Waals surface area contributed by atoms with Crippen molar-refractivity contribution in [3.8, 4) is 0 Å². The number of carbonyl (C=O) groups excluding carboxylic acids is 2. The standard InChI is InChI=1S/C13H15NO4/c1-7(2)10(13(17)18)14-11(15)8-5-3-4-6-9(8)12(14)16/h3-7,10,13,17-18H,1-2H3/t10-/m1/s1. The highest BCUT2D eigenvalue weighted by molar-refractivity contribution is 6.21. The van der Waals surface area contributed by atoms with E-state index in [-0.39, 0.29) is 5.92 Å². The fourth-order valence-electron chi connectivity index (χ4n) is 2.25. The topological polar surface area (TPSA) is 77.8 Å². The third-order valence-corrected chi connectivity index (χ3v) is 3.11. The van der Waals surface area contributed by atoms with E-state index in [1.807, 2.05) is 0 Å². The van der Waals surface area contributed by atoms with Crippen molar-refractivity contribution in [1.29, 1.82) is 0 Å². The molecule has 1 heterocycles. The van der Waals surface area contributed by atoms with Crippen LogP contribution in [0.4, 0.5) is 0 Å². The number of hydrogen-bond acceptors (Lipinski definition) is 4. The van der Waals surface area contributed by atoms with Crippen molar-refractivity contribution in [2.45, 2.75) is 26.2 Å². The molecule has 2 amide bonds. The van der Waals surface area contributed by atoms with Gasteiger partial charge >= 0.3 is 0 Å². The predicted octanol–water partition coefficient (Wildman–Crippen LogP) is 0.618. The summed E-state index contributed by atoms with van der Waals surface area (Å²) in [6.07, 6.45) is -1.74. The van der Waals surface area contributed by atoms with Gasteiger partial charge in [-0.1, -0.05) is 26.0 Å². The normalized spacial score (nSPS) is 16.7. The van der Waals surface area contributed by atoms with Gasteiger partial charge in [-0.2, -0.15) is 0 Å². The number of benzene rings is 1. The first-order valence-electron chi connectivity index (χ1n) is 5.78. The van der Waals surface area contributed by atoms with Crippen LogP contribution < -0.4 is 0 Å². The summed E-state index contributed by atoms with van der Waals surface area (Å²) in [5.41, 5.74) is 0.627. The molecule has 0 fully saturated rings. The Balaban J connectivity index is 2.44. The molecule has 1 aliphatic rings. The molecule has 5 nitrogen and oxygen atoms in total. The molecule has 1 aliphatic heterocycles. The second-order valence-electron chi connectivity index (χ2n) is 4.67. The van der Waals surface area contributed by atoms with Crippen molar-refractivity contribution in [2.75, 3.05) is 0 Å². The molecule has 0 radical (unpaired) electrons. The SMILES string of the molecule is CC(C)[C@H](C(O)O)N1C(=O)c2ccccc2C1=O. The van der Waals surface area contributed by atoms with Gasteiger partial charge in [-0.25, -0.2) is 0 Å². The van der Waals surface area contributed by atoms with Crippen LogP contribution in [0.3, 0.4) is 0 Å². The zero-order valence-corrected chi connectivity index (χ0v) is 10.2. The van der Waals surface area contributed by atoms with Crippen molar-refractivity contribution >= 4 is 11.8 Å². The molecule has 5 heteroatoms. The van der Waals surface area contributed by atoms with E-state index in [4.69, 9.17) is 0 Å². The summed E-state index contributed by atoms with van der Waals surface area (Å²) in [5, 5.41) is 18.7. The second-order valence-corrected chi connectivity index (χ2v) is 4.67. The van der Waals surface area contributed by atoms with E-state index in [0.717, 1.165) is 4.90 Å². The molecule has 0 saturated heterocycles. The summed E-state index contributed by atoms with van der Waals surface area (Å²) in [6, 6.07) is 5.55. The molecule has 1 atom stereocenters. The van der Waals surface area contributed by atoms with E-state index in [1.54, 1.807) is 38.1 Å². The number of carbonyl (C=O) groups is 2. The average molecular weight is 249 g/mol. The van der Waals surface area contributed by atoms with Gasteiger partial charge in [0.15, 0.2) is 6.29 Å². The van der Waals surface area contributed by atoms with Crippen molar-refractivity contribution in [2.24, 2.45) is 5.92 Å². The molecular weight excluding hydrogens is 234 g/mol. The quantitative estimate of drug-likeness (QED) is 0.608. The van der Waals surface area contributed by atoms with E-state index in [9.17, 15) is 19.8 Å². The Morgan fingerprint density at radius 2 is 1.44 bits per heavy atom. The van der Waals surface area contributed by atoms with Crippen LogP contribution in [0.5, 0.6) is 0 Å². The van der Waals surface area contributed by atoms with E-state index >= 15 is 0 Å². The summed E-state index contributed by atoms with van der Waals surface area (Å²) < 4.78 is 0. The maximum Gasteiger partial charge on any atom is 0.261 e. The zero-order chi connectivity index (χ0) is 13.4. The molecule has 0 aromatic heterocycles. The Labute approximate surface area is 105 Å². The van der Waals surface area contributed by atoms with Gasteiger partial charge in [0, 0.05) is 0 Å². The van der Waals surface area contributed by atoms with Gasteiger partial charge in [0.1, 0.15) is 0 Å². The van der Waals surface area contributed by atoms with Crippen LogP contribution in [0.2, 0.25) is 0 Å². The van der Waals surface area contributed by atoms with Crippen LogP contribution >= 0.6 is 0 Å². The minimum atomic E-state index is -1.74. The van der Waals surface area contributed by atoms with E-state index in [0.29, 0.717) is 11.1 Å². The number of aliphatic hydroxyl groups excluding tert-OH is 1. The smallest absolute Gasteiger partial charge is 0.261 e. The first-order chi connectivity index (χ1) is 8.45. The average Bonchev–Trinajstić information content (AvgIpc) is 2.55. The number of fused-ring (bicyclic) bond motifs is 1. The van der Waals surface area contributed by atoms with Gasteiger partial charge in [0.25, 0.3) is 11.8 Å². The fraction of sp³-hybridized carbons (Fsp3) is 0.385. The van der Waals surface area contributed by atoms with Crippen LogP contribution in [-0.2, 0) is 0 Å². The van der Waals surface area contributed by atoms with Crippen molar-refractivity contribution in [1.82, 2.24) is 4.90 Å². The lowest BCUT2D eigenvalue weighted by molar-refractivity contribution is -0.0978. The van der Waals surface area contributed by atoms with Crippen LogP contribution in [0.15, 0.2) is 24.3 Å². The highest BCUT2D eigenvalue weighted by Crippen LogP contribution is 2.27. The highest BCUT2D eigenvalue weighted by Gasteiger charge is 2.43. The lowest BCUT2D eigenvalue weighted by Gasteiger charge is -2.30. The molecule has 2 N–H and O–H groups in total. The largest absolute Gasteiger partial charge is 0.366 e. The summed E-state index contributed by atoms with van der Waals surface area (Å²) in [5.74, 6) is -1.18. The summed E-state index contributed by atoms with van der Waals surface area (Å²) >= 11 is 0. The van der Waals surface area contributed by atoms with Crippen molar-refractivity contribution in [3.63, 3.8) is 0 Å². The number of nitrogens with zero attached hydrogens (tertiary/aromatic N) is 1. The zero-order valence-electron chi connectivity index (χ0n) is 10.2. The maximum absolute atomic E-state index is 12.1. The Morgan fingerprint density at radius 3 is 1.78 bits per heavy atom. The van der Waals surface area contributed by atoms with Gasteiger partial charge in [-0.3, -0.25) is 14.5 Å². The van der Waals surface area contributed by atoms with Gasteiger partial charge in [-0.05, 0) is 18.1 Å². The highest BCUT2D eigenvalue weighted by atomic mass is 16.5. The molecule has 0 aliphatic carbocycles. The van der Waals surface area contributed by atoms with Crippen LogP contribution in [-0.4, -0.2) is 39.3 Å². The van der Waals surface area contributed by atoms with Crippen LogP contribution in [0.25, 0.3) is 0 Å². The number of hydrogen-bond donors (Lipinski definition) is 2. The number of imide groups is 1. The Morgan fingerprint density at radius 1 is 1.00 bits per heavy atom. The van der Waals surface area contributed by atoms with Crippen molar-refractivity contribution < 1.29 is 19.8 Å². The maximum atomic E-state index is 12.1. The van der Waals surface area contributed by atoms with E-state index in [2.05, 4.69) is 0 Å². The first kappa shape index (κ1) is 12.7. The van der Waals surface area contributed by atoms with Crippen LogP contribution in [0, 0.1) is 5.92 Å². The molecule has 1 aromatic carbocycles. The second kappa shape index (κ2) is 4.51. The Hall–Kier alpha value is -1.72. The molecule has 0 bridgehead atoms. The van der Waals surface area contributed by atoms with E-state index < -0.39 is 24.1 Å². The monoisotopic (exact) mass is 249 g/mol. The number of amides is 2. The molecule has 1 aromatic rings. The first-order valence-corrected chi connectivity index (χ1v) is 5.78. The minimum Gasteiger partial charge on any atom is -0.366 e. The number of rotatable bonds is 3. The molecule has 2 rings (SSSR count). The Bertz CT molecular complexity index is 453. The third-order valence-electron chi connectivity index (χ3n) is 3.11. The molecule has 0 spiro atoms. The number of aliphatic hydroxyl groups is 2. The van der Waals surface area contributed by atoms with Crippen LogP contribution in [0.1, 0.15) is 34.6 Å². The molecular formula is C13H15NO4. The fourth-order valence-corrected chi connectivity index (χ4v) is 2.25.